The number of nitrogens with zero attached hydrogens (tertiary/aromatic N) is 5. The minimum Gasteiger partial charge on any atom is -0.406 e. The maximum atomic E-state index is 12.5. The fourth-order valence-corrected chi connectivity index (χ4v) is 5.09. The zero-order chi connectivity index (χ0) is 26.5. The van der Waals surface area contributed by atoms with Crippen molar-refractivity contribution in [2.45, 2.75) is 65.7 Å². The Bertz CT molecular complexity index is 1400. The molecule has 1 aromatic carbocycles. The molecule has 1 amide bonds. The third-order valence-corrected chi connectivity index (χ3v) is 6.90. The summed E-state index contributed by atoms with van der Waals surface area (Å²) in [6, 6.07) is 12.7. The largest absolute Gasteiger partial charge is 0.412 e. The Labute approximate surface area is 222 Å². The van der Waals surface area contributed by atoms with E-state index in [0.717, 1.165) is 49.4 Å². The Kier molecular flexibility index (Phi) is 7.74. The van der Waals surface area contributed by atoms with Crippen molar-refractivity contribution in [2.75, 3.05) is 0 Å². The van der Waals surface area contributed by atoms with Crippen molar-refractivity contribution in [2.24, 2.45) is 0 Å². The number of aromatic nitrogens is 5. The molecule has 3 heterocycles. The third kappa shape index (κ3) is 6.06. The molecule has 9 nitrogen and oxygen atoms in total. The number of nitrogens with one attached hydrogen (secondary N) is 2. The number of hydrogen-bond acceptors (Lipinski definition) is 7. The Hall–Kier alpha value is -4.11. The summed E-state index contributed by atoms with van der Waals surface area (Å²) in [5, 5.41) is 2.85. The minimum atomic E-state index is -0.530. The average molecular weight is 512 g/mol. The number of H-pyrrole nitrogens is 1. The average Bonchev–Trinajstić information content (AvgIpc) is 3.33. The summed E-state index contributed by atoms with van der Waals surface area (Å²) in [5.74, 6) is 1.30. The number of ether oxygens (including phenoxy) is 1. The van der Waals surface area contributed by atoms with E-state index in [1.54, 1.807) is 13.8 Å². The molecule has 1 aliphatic rings. The number of aromatic amines is 1. The molecule has 196 valence electrons. The van der Waals surface area contributed by atoms with E-state index in [4.69, 9.17) is 9.72 Å². The quantitative estimate of drug-likeness (QED) is 0.347. The number of benzene rings is 1. The summed E-state index contributed by atoms with van der Waals surface area (Å²) in [4.78, 5) is 35.7. The number of hydrogen-bond donors (Lipinski definition) is 2. The molecule has 38 heavy (non-hydrogen) atoms. The van der Waals surface area contributed by atoms with E-state index in [1.807, 2.05) is 37.5 Å². The molecule has 0 bridgehead atoms. The van der Waals surface area contributed by atoms with Crippen molar-refractivity contribution in [3.63, 3.8) is 0 Å². The van der Waals surface area contributed by atoms with Gasteiger partial charge in [0.15, 0.2) is 5.75 Å². The number of imidazole rings is 1. The lowest BCUT2D eigenvalue weighted by Gasteiger charge is -2.35. The zero-order valence-electron chi connectivity index (χ0n) is 22.1. The van der Waals surface area contributed by atoms with Gasteiger partial charge in [0.25, 0.3) is 0 Å². The monoisotopic (exact) mass is 511 g/mol. The molecule has 0 saturated heterocycles. The second-order valence-corrected chi connectivity index (χ2v) is 9.79. The Morgan fingerprint density at radius 1 is 1.05 bits per heavy atom. The predicted molar refractivity (Wildman–Crippen MR) is 143 cm³/mol. The summed E-state index contributed by atoms with van der Waals surface area (Å²) >= 11 is 0. The van der Waals surface area contributed by atoms with E-state index in [2.05, 4.69) is 48.4 Å². The molecule has 9 heteroatoms. The van der Waals surface area contributed by atoms with E-state index < -0.39 is 6.09 Å². The van der Waals surface area contributed by atoms with Gasteiger partial charge in [-0.3, -0.25) is 9.88 Å². The van der Waals surface area contributed by atoms with Crippen molar-refractivity contribution in [1.82, 2.24) is 35.1 Å². The van der Waals surface area contributed by atoms with Gasteiger partial charge in [0, 0.05) is 37.7 Å². The normalized spacial score (nSPS) is 14.8. The first-order valence-corrected chi connectivity index (χ1v) is 13.0. The van der Waals surface area contributed by atoms with E-state index in [-0.39, 0.29) is 6.04 Å². The first kappa shape index (κ1) is 25.5. The number of fused-ring (bicyclic) bond motifs is 1. The molecule has 2 N–H and O–H groups in total. The van der Waals surface area contributed by atoms with Gasteiger partial charge in [0.05, 0.1) is 23.1 Å². The van der Waals surface area contributed by atoms with Gasteiger partial charge in [0.1, 0.15) is 12.2 Å². The van der Waals surface area contributed by atoms with Crippen molar-refractivity contribution in [3.8, 4) is 5.75 Å². The molecular formula is C29H33N7O2. The van der Waals surface area contributed by atoms with E-state index >= 15 is 0 Å². The lowest BCUT2D eigenvalue weighted by atomic mass is 9.90. The summed E-state index contributed by atoms with van der Waals surface area (Å²) in [5.41, 5.74) is 7.01. The first-order valence-electron chi connectivity index (χ1n) is 13.0. The second-order valence-electron chi connectivity index (χ2n) is 9.79. The summed E-state index contributed by atoms with van der Waals surface area (Å²) < 4.78 is 5.47. The van der Waals surface area contributed by atoms with Gasteiger partial charge < -0.3 is 15.0 Å². The number of pyridine rings is 1. The van der Waals surface area contributed by atoms with E-state index in [9.17, 15) is 4.79 Å². The molecule has 4 aromatic rings. The Balaban J connectivity index is 1.30. The highest BCUT2D eigenvalue weighted by atomic mass is 16.6. The summed E-state index contributed by atoms with van der Waals surface area (Å²) in [6.45, 7) is 7.39. The van der Waals surface area contributed by atoms with Crippen LogP contribution < -0.4 is 10.1 Å². The lowest BCUT2D eigenvalue weighted by Crippen LogP contribution is -2.31. The number of aryl methyl sites for hydroxylation is 4. The van der Waals surface area contributed by atoms with Crippen molar-refractivity contribution in [3.05, 3.63) is 100 Å². The Morgan fingerprint density at radius 3 is 2.66 bits per heavy atom. The highest BCUT2D eigenvalue weighted by Gasteiger charge is 2.28. The molecule has 3 aromatic heterocycles. The SMILES string of the molecule is Cc1ncc(CN(Cc2cccc(CNC(=O)Oc3c(C)ncnc3C)c2)C2CCCc3cccnc32)[nH]1. The van der Waals surface area contributed by atoms with E-state index in [0.29, 0.717) is 23.7 Å². The zero-order valence-corrected chi connectivity index (χ0v) is 22.1. The van der Waals surface area contributed by atoms with Gasteiger partial charge in [0.2, 0.25) is 0 Å². The number of carbonyl (C=O) groups excluding carboxylic acids is 1. The van der Waals surface area contributed by atoms with Crippen LogP contribution >= 0.6 is 0 Å². The van der Waals surface area contributed by atoms with Crippen LogP contribution in [0.2, 0.25) is 0 Å². The van der Waals surface area contributed by atoms with Gasteiger partial charge in [-0.25, -0.2) is 19.7 Å². The van der Waals surface area contributed by atoms with Gasteiger partial charge in [-0.15, -0.1) is 0 Å². The van der Waals surface area contributed by atoms with Crippen LogP contribution in [0.1, 0.15) is 64.2 Å². The van der Waals surface area contributed by atoms with Crippen molar-refractivity contribution in [1.29, 1.82) is 0 Å². The van der Waals surface area contributed by atoms with Crippen LogP contribution in [0.5, 0.6) is 5.75 Å². The van der Waals surface area contributed by atoms with Gasteiger partial charge in [-0.2, -0.15) is 0 Å². The molecule has 1 aliphatic carbocycles. The van der Waals surface area contributed by atoms with Crippen LogP contribution in [0.4, 0.5) is 4.79 Å². The highest BCUT2D eigenvalue weighted by Crippen LogP contribution is 2.34. The standard InChI is InChI=1S/C29H33N7O2/c1-19-28(20(2)34-18-33-19)38-29(37)32-14-22-7-4-8-23(13-22)16-36(17-25-15-31-21(3)35-25)26-11-5-9-24-10-6-12-30-27(24)26/h4,6-8,10,12-13,15,18,26H,5,9,11,14,16-17H2,1-3H3,(H,31,35)(H,32,37). The number of amides is 1. The smallest absolute Gasteiger partial charge is 0.406 e. The van der Waals surface area contributed by atoms with Crippen LogP contribution in [-0.4, -0.2) is 35.9 Å². The van der Waals surface area contributed by atoms with Crippen LogP contribution in [-0.2, 0) is 26.1 Å². The molecule has 0 spiro atoms. The van der Waals surface area contributed by atoms with Crippen molar-refractivity contribution >= 4 is 6.09 Å². The lowest BCUT2D eigenvalue weighted by molar-refractivity contribution is 0.155. The minimum absolute atomic E-state index is 0.222. The second kappa shape index (κ2) is 11.5. The molecule has 0 radical (unpaired) electrons. The fraction of sp³-hybridized carbons (Fsp3) is 0.345. The topological polar surface area (TPSA) is 109 Å². The van der Waals surface area contributed by atoms with Crippen LogP contribution in [0.15, 0.2) is 55.1 Å². The van der Waals surface area contributed by atoms with Gasteiger partial charge in [-0.1, -0.05) is 30.3 Å². The maximum absolute atomic E-state index is 12.5. The third-order valence-electron chi connectivity index (χ3n) is 6.90. The van der Waals surface area contributed by atoms with Gasteiger partial charge >= 0.3 is 6.09 Å². The van der Waals surface area contributed by atoms with Crippen LogP contribution in [0.25, 0.3) is 0 Å². The molecule has 5 rings (SSSR count). The van der Waals surface area contributed by atoms with Crippen LogP contribution in [0.3, 0.4) is 0 Å². The summed E-state index contributed by atoms with van der Waals surface area (Å²) in [7, 11) is 0. The predicted octanol–water partition coefficient (Wildman–Crippen LogP) is 4.89. The molecule has 0 aliphatic heterocycles. The molecule has 1 atom stereocenters. The van der Waals surface area contributed by atoms with Crippen LogP contribution in [0, 0.1) is 20.8 Å². The highest BCUT2D eigenvalue weighted by molar-refractivity contribution is 5.70. The number of carbonyl (C=O) groups is 1. The maximum Gasteiger partial charge on any atom is 0.412 e. The van der Waals surface area contributed by atoms with Gasteiger partial charge in [-0.05, 0) is 62.8 Å². The van der Waals surface area contributed by atoms with Crippen molar-refractivity contribution < 1.29 is 9.53 Å². The molecular weight excluding hydrogens is 478 g/mol. The fourth-order valence-electron chi connectivity index (χ4n) is 5.09. The molecule has 0 fully saturated rings. The number of rotatable bonds is 8. The Morgan fingerprint density at radius 2 is 1.87 bits per heavy atom. The summed E-state index contributed by atoms with van der Waals surface area (Å²) in [6.07, 6.45) is 8.01. The molecule has 1 unspecified atom stereocenters. The van der Waals surface area contributed by atoms with E-state index in [1.165, 1.54) is 23.1 Å². The first-order chi connectivity index (χ1) is 18.5. The molecule has 0 saturated carbocycles.